The molecule has 4 nitrogen and oxygen atoms in total. The van der Waals surface area contributed by atoms with Gasteiger partial charge in [-0.2, -0.15) is 0 Å². The Balaban J connectivity index is 1.55. The predicted molar refractivity (Wildman–Crippen MR) is 115 cm³/mol. The first-order chi connectivity index (χ1) is 13.2. The van der Waals surface area contributed by atoms with Crippen LogP contribution in [0, 0.1) is 0 Å². The quantitative estimate of drug-likeness (QED) is 0.376. The molecule has 4 aromatic rings. The molecule has 3 N–H and O–H groups in total. The van der Waals surface area contributed by atoms with Gasteiger partial charge in [-0.15, -0.1) is 11.8 Å². The molecule has 1 aromatic heterocycles. The fourth-order valence-electron chi connectivity index (χ4n) is 3.42. The highest BCUT2D eigenvalue weighted by atomic mass is 32.2. The number of benzene rings is 3. The molecular formula is C22H21N3OS. The number of fused-ring (bicyclic) bond motifs is 3. The van der Waals surface area contributed by atoms with Crippen molar-refractivity contribution in [2.75, 3.05) is 16.8 Å². The number of aryl methyl sites for hydroxylation is 1. The van der Waals surface area contributed by atoms with E-state index in [1.807, 2.05) is 30.3 Å². The van der Waals surface area contributed by atoms with Gasteiger partial charge in [0, 0.05) is 44.6 Å². The Labute approximate surface area is 162 Å². The van der Waals surface area contributed by atoms with E-state index in [9.17, 15) is 4.79 Å². The highest BCUT2D eigenvalue weighted by molar-refractivity contribution is 8.00. The molecule has 1 heterocycles. The van der Waals surface area contributed by atoms with Gasteiger partial charge >= 0.3 is 0 Å². The first kappa shape index (κ1) is 17.5. The molecule has 0 saturated heterocycles. The van der Waals surface area contributed by atoms with Crippen molar-refractivity contribution in [2.24, 2.45) is 0 Å². The van der Waals surface area contributed by atoms with E-state index in [1.165, 1.54) is 28.2 Å². The van der Waals surface area contributed by atoms with Gasteiger partial charge in [0.25, 0.3) is 0 Å². The van der Waals surface area contributed by atoms with Gasteiger partial charge in [0.2, 0.25) is 5.91 Å². The van der Waals surface area contributed by atoms with Crippen LogP contribution in [0.1, 0.15) is 6.92 Å². The maximum absolute atomic E-state index is 12.4. The molecule has 0 aliphatic rings. The van der Waals surface area contributed by atoms with E-state index in [0.29, 0.717) is 11.4 Å². The number of nitrogens with two attached hydrogens (primary N) is 1. The molecule has 0 aliphatic heterocycles. The minimum Gasteiger partial charge on any atom is -0.399 e. The molecule has 5 heteroatoms. The molecule has 0 bridgehead atoms. The third-order valence-corrected chi connectivity index (χ3v) is 5.59. The topological polar surface area (TPSA) is 60.0 Å². The van der Waals surface area contributed by atoms with E-state index in [4.69, 9.17) is 5.73 Å². The van der Waals surface area contributed by atoms with Crippen LogP contribution in [0.5, 0.6) is 0 Å². The summed E-state index contributed by atoms with van der Waals surface area (Å²) in [5.41, 5.74) is 9.71. The van der Waals surface area contributed by atoms with Gasteiger partial charge < -0.3 is 15.6 Å². The fraction of sp³-hybridized carbons (Fsp3) is 0.136. The summed E-state index contributed by atoms with van der Waals surface area (Å²) in [7, 11) is 0. The second kappa shape index (κ2) is 7.37. The number of thioether (sulfide) groups is 1. The normalized spacial score (nSPS) is 11.1. The molecule has 0 unspecified atom stereocenters. The minimum atomic E-state index is -0.0268. The van der Waals surface area contributed by atoms with Crippen LogP contribution >= 0.6 is 11.8 Å². The lowest BCUT2D eigenvalue weighted by Gasteiger charge is -2.07. The van der Waals surface area contributed by atoms with E-state index in [2.05, 4.69) is 53.2 Å². The van der Waals surface area contributed by atoms with Gasteiger partial charge in [-0.3, -0.25) is 4.79 Å². The Hall–Kier alpha value is -2.92. The Bertz CT molecular complexity index is 1130. The molecule has 0 fully saturated rings. The number of anilines is 2. The van der Waals surface area contributed by atoms with Gasteiger partial charge in [-0.05, 0) is 49.4 Å². The van der Waals surface area contributed by atoms with Crippen molar-refractivity contribution in [3.63, 3.8) is 0 Å². The summed E-state index contributed by atoms with van der Waals surface area (Å²) >= 11 is 1.48. The Kier molecular flexibility index (Phi) is 4.77. The summed E-state index contributed by atoms with van der Waals surface area (Å²) < 4.78 is 2.30. The standard InChI is InChI=1S/C22H21N3OS/c1-2-25-20-9-4-3-8-18(20)19-13-16(10-11-21(19)25)24-22(26)14-27-17-7-5-6-15(23)12-17/h3-13H,2,14,23H2,1H3,(H,24,26). The lowest BCUT2D eigenvalue weighted by molar-refractivity contribution is -0.113. The van der Waals surface area contributed by atoms with Gasteiger partial charge in [-0.25, -0.2) is 0 Å². The molecule has 0 radical (unpaired) electrons. The van der Waals surface area contributed by atoms with E-state index in [0.717, 1.165) is 22.5 Å². The molecule has 0 spiro atoms. The van der Waals surface area contributed by atoms with Gasteiger partial charge in [-0.1, -0.05) is 24.3 Å². The van der Waals surface area contributed by atoms with Crippen molar-refractivity contribution in [3.05, 3.63) is 66.7 Å². The number of nitrogens with one attached hydrogen (secondary N) is 1. The lowest BCUT2D eigenvalue weighted by Crippen LogP contribution is -2.13. The molecule has 4 rings (SSSR count). The van der Waals surface area contributed by atoms with Crippen LogP contribution in [0.4, 0.5) is 11.4 Å². The molecular weight excluding hydrogens is 354 g/mol. The zero-order valence-corrected chi connectivity index (χ0v) is 15.9. The van der Waals surface area contributed by atoms with Crippen molar-refractivity contribution in [1.29, 1.82) is 0 Å². The van der Waals surface area contributed by atoms with Crippen LogP contribution < -0.4 is 11.1 Å². The number of carbonyl (C=O) groups excluding carboxylic acids is 1. The Morgan fingerprint density at radius 3 is 2.63 bits per heavy atom. The van der Waals surface area contributed by atoms with Crippen molar-refractivity contribution >= 4 is 50.8 Å². The van der Waals surface area contributed by atoms with Gasteiger partial charge in [0.1, 0.15) is 0 Å². The van der Waals surface area contributed by atoms with Crippen molar-refractivity contribution in [1.82, 2.24) is 4.57 Å². The molecule has 27 heavy (non-hydrogen) atoms. The number of para-hydroxylation sites is 1. The summed E-state index contributed by atoms with van der Waals surface area (Å²) in [4.78, 5) is 13.4. The number of hydrogen-bond acceptors (Lipinski definition) is 3. The largest absolute Gasteiger partial charge is 0.399 e. The first-order valence-corrected chi connectivity index (χ1v) is 9.93. The summed E-state index contributed by atoms with van der Waals surface area (Å²) in [6, 6.07) is 22.1. The van der Waals surface area contributed by atoms with E-state index in [1.54, 1.807) is 0 Å². The monoisotopic (exact) mass is 375 g/mol. The summed E-state index contributed by atoms with van der Waals surface area (Å²) in [5, 5.41) is 5.38. The summed E-state index contributed by atoms with van der Waals surface area (Å²) in [6.45, 7) is 3.06. The second-order valence-corrected chi connectivity index (χ2v) is 7.45. The minimum absolute atomic E-state index is 0.0268. The maximum atomic E-state index is 12.4. The SMILES string of the molecule is CCn1c2ccccc2c2cc(NC(=O)CSc3cccc(N)c3)ccc21. The number of nitrogens with zero attached hydrogens (tertiary/aromatic N) is 1. The fourth-order valence-corrected chi connectivity index (χ4v) is 4.19. The second-order valence-electron chi connectivity index (χ2n) is 6.40. The van der Waals surface area contributed by atoms with E-state index >= 15 is 0 Å². The number of aromatic nitrogens is 1. The van der Waals surface area contributed by atoms with Crippen LogP contribution in [-0.4, -0.2) is 16.2 Å². The number of amides is 1. The summed E-state index contributed by atoms with van der Waals surface area (Å²) in [6.07, 6.45) is 0. The van der Waals surface area contributed by atoms with Crippen LogP contribution in [-0.2, 0) is 11.3 Å². The summed E-state index contributed by atoms with van der Waals surface area (Å²) in [5.74, 6) is 0.319. The van der Waals surface area contributed by atoms with Crippen LogP contribution in [0.25, 0.3) is 21.8 Å². The zero-order chi connectivity index (χ0) is 18.8. The van der Waals surface area contributed by atoms with Crippen molar-refractivity contribution < 1.29 is 4.79 Å². The van der Waals surface area contributed by atoms with E-state index < -0.39 is 0 Å². The average Bonchev–Trinajstić information content (AvgIpc) is 2.99. The smallest absolute Gasteiger partial charge is 0.234 e. The number of carbonyl (C=O) groups is 1. The van der Waals surface area contributed by atoms with Crippen LogP contribution in [0.15, 0.2) is 71.6 Å². The molecule has 1 amide bonds. The Morgan fingerprint density at radius 1 is 1.00 bits per heavy atom. The maximum Gasteiger partial charge on any atom is 0.234 e. The highest BCUT2D eigenvalue weighted by Gasteiger charge is 2.11. The Morgan fingerprint density at radius 2 is 1.81 bits per heavy atom. The molecule has 0 saturated carbocycles. The molecule has 136 valence electrons. The molecule has 0 aliphatic carbocycles. The zero-order valence-electron chi connectivity index (χ0n) is 15.1. The third kappa shape index (κ3) is 3.51. The number of rotatable bonds is 5. The van der Waals surface area contributed by atoms with Crippen molar-refractivity contribution in [3.8, 4) is 0 Å². The molecule has 0 atom stereocenters. The highest BCUT2D eigenvalue weighted by Crippen LogP contribution is 2.31. The molecule has 3 aromatic carbocycles. The van der Waals surface area contributed by atoms with E-state index in [-0.39, 0.29) is 5.91 Å². The van der Waals surface area contributed by atoms with Crippen LogP contribution in [0.2, 0.25) is 0 Å². The predicted octanol–water partition coefficient (Wildman–Crippen LogP) is 5.13. The van der Waals surface area contributed by atoms with Gasteiger partial charge in [0.15, 0.2) is 0 Å². The lowest BCUT2D eigenvalue weighted by atomic mass is 10.1. The number of nitrogen functional groups attached to an aromatic ring is 1. The third-order valence-electron chi connectivity index (χ3n) is 4.60. The van der Waals surface area contributed by atoms with Crippen LogP contribution in [0.3, 0.4) is 0 Å². The van der Waals surface area contributed by atoms with Crippen molar-refractivity contribution in [2.45, 2.75) is 18.4 Å². The number of hydrogen-bond donors (Lipinski definition) is 2. The van der Waals surface area contributed by atoms with Gasteiger partial charge in [0.05, 0.1) is 5.75 Å². The first-order valence-electron chi connectivity index (χ1n) is 8.95. The average molecular weight is 375 g/mol.